The summed E-state index contributed by atoms with van der Waals surface area (Å²) in [6.07, 6.45) is 34.8. The van der Waals surface area contributed by atoms with Gasteiger partial charge in [-0.3, -0.25) is 4.79 Å². The van der Waals surface area contributed by atoms with E-state index in [1.165, 1.54) is 77.0 Å². The van der Waals surface area contributed by atoms with Crippen LogP contribution in [0.3, 0.4) is 0 Å². The number of allylic oxidation sites excluding steroid dienone is 6. The minimum atomic E-state index is -1.28. The van der Waals surface area contributed by atoms with Gasteiger partial charge in [0.1, 0.15) is 12.2 Å². The molecule has 43 heavy (non-hydrogen) atoms. The first-order valence-electron chi connectivity index (χ1n) is 17.9. The fraction of sp³-hybridized carbons (Fsp3) is 0.811. The Kier molecular flexibility index (Phi) is 30.8. The minimum Gasteiger partial charge on any atom is -0.394 e. The number of hydrogen-bond donors (Lipinski definition) is 5. The Hall–Kier alpha value is -1.47. The number of aliphatic hydroxyl groups excluding tert-OH is 4. The molecule has 1 amide bonds. The van der Waals surface area contributed by atoms with Gasteiger partial charge in [-0.2, -0.15) is 0 Å². The molecule has 0 aromatic heterocycles. The maximum atomic E-state index is 12.4. The van der Waals surface area contributed by atoms with E-state index >= 15 is 0 Å². The lowest BCUT2D eigenvalue weighted by atomic mass is 10.00. The standard InChI is InChI=1S/C37H69NO5/c1-3-5-7-9-11-12-13-14-15-16-17-18-19-20-21-22-23-25-27-29-31-35(41)37(43)38-33(32-39)36(42)34(40)30-28-26-24-10-8-6-4-2/h5,7,10-12,24,33-36,39-42H,3-4,6,8-9,13-23,25-32H2,1-2H3,(H,38,43)/b7-5-,12-11-,24-10+. The molecular weight excluding hydrogens is 538 g/mol. The molecule has 0 rings (SSSR count). The SMILES string of the molecule is CC/C=C\C/C=C\CCCCCCCCCCCCCCCC(O)C(=O)NC(CO)C(O)C(O)CCC/C=C/CCCC. The Morgan fingerprint density at radius 1 is 0.605 bits per heavy atom. The Bertz CT molecular complexity index is 692. The van der Waals surface area contributed by atoms with Crippen molar-refractivity contribution >= 4 is 5.91 Å². The van der Waals surface area contributed by atoms with Gasteiger partial charge in [0.2, 0.25) is 5.91 Å². The van der Waals surface area contributed by atoms with Crippen LogP contribution >= 0.6 is 0 Å². The lowest BCUT2D eigenvalue weighted by Gasteiger charge is -2.27. The van der Waals surface area contributed by atoms with Crippen molar-refractivity contribution in [3.8, 4) is 0 Å². The highest BCUT2D eigenvalue weighted by atomic mass is 16.3. The van der Waals surface area contributed by atoms with Crippen molar-refractivity contribution in [3.63, 3.8) is 0 Å². The smallest absolute Gasteiger partial charge is 0.249 e. The highest BCUT2D eigenvalue weighted by molar-refractivity contribution is 5.80. The molecule has 0 aromatic carbocycles. The van der Waals surface area contributed by atoms with Crippen molar-refractivity contribution in [1.29, 1.82) is 0 Å². The zero-order valence-electron chi connectivity index (χ0n) is 27.9. The third kappa shape index (κ3) is 26.6. The summed E-state index contributed by atoms with van der Waals surface area (Å²) in [5.74, 6) is -0.601. The lowest BCUT2D eigenvalue weighted by Crippen LogP contribution is -2.53. The van der Waals surface area contributed by atoms with E-state index < -0.39 is 36.9 Å². The van der Waals surface area contributed by atoms with E-state index in [0.717, 1.165) is 51.4 Å². The van der Waals surface area contributed by atoms with Gasteiger partial charge in [-0.05, 0) is 57.8 Å². The lowest BCUT2D eigenvalue weighted by molar-refractivity contribution is -0.132. The summed E-state index contributed by atoms with van der Waals surface area (Å²) in [4.78, 5) is 12.4. The van der Waals surface area contributed by atoms with Crippen LogP contribution in [0.4, 0.5) is 0 Å². The summed E-state index contributed by atoms with van der Waals surface area (Å²) in [7, 11) is 0. The fourth-order valence-electron chi connectivity index (χ4n) is 5.19. The second kappa shape index (κ2) is 31.9. The summed E-state index contributed by atoms with van der Waals surface area (Å²) < 4.78 is 0. The first-order valence-corrected chi connectivity index (χ1v) is 17.9. The molecule has 6 nitrogen and oxygen atoms in total. The van der Waals surface area contributed by atoms with E-state index in [-0.39, 0.29) is 0 Å². The number of hydrogen-bond acceptors (Lipinski definition) is 5. The maximum absolute atomic E-state index is 12.4. The molecule has 252 valence electrons. The first-order chi connectivity index (χ1) is 21.0. The zero-order valence-corrected chi connectivity index (χ0v) is 27.9. The minimum absolute atomic E-state index is 0.361. The van der Waals surface area contributed by atoms with E-state index in [4.69, 9.17) is 0 Å². The molecule has 0 heterocycles. The van der Waals surface area contributed by atoms with Crippen molar-refractivity contribution in [3.05, 3.63) is 36.5 Å². The van der Waals surface area contributed by atoms with Gasteiger partial charge in [0.05, 0.1) is 18.8 Å². The zero-order chi connectivity index (χ0) is 31.8. The Balaban J connectivity index is 3.73. The van der Waals surface area contributed by atoms with Crippen LogP contribution < -0.4 is 5.32 Å². The number of unbranched alkanes of at least 4 members (excludes halogenated alkanes) is 16. The fourth-order valence-corrected chi connectivity index (χ4v) is 5.19. The molecule has 0 aromatic rings. The molecule has 4 atom stereocenters. The Morgan fingerprint density at radius 2 is 1.09 bits per heavy atom. The first kappa shape index (κ1) is 41.5. The number of carbonyl (C=O) groups excluding carboxylic acids is 1. The molecule has 0 radical (unpaired) electrons. The maximum Gasteiger partial charge on any atom is 0.249 e. The van der Waals surface area contributed by atoms with Crippen LogP contribution in [-0.4, -0.2) is 57.3 Å². The van der Waals surface area contributed by atoms with Crippen molar-refractivity contribution in [2.45, 2.75) is 186 Å². The van der Waals surface area contributed by atoms with Crippen LogP contribution in [0.5, 0.6) is 0 Å². The third-order valence-corrected chi connectivity index (χ3v) is 8.08. The number of aliphatic hydroxyl groups is 4. The van der Waals surface area contributed by atoms with E-state index in [0.29, 0.717) is 19.3 Å². The topological polar surface area (TPSA) is 110 Å². The van der Waals surface area contributed by atoms with Crippen LogP contribution in [0.15, 0.2) is 36.5 Å². The summed E-state index contributed by atoms with van der Waals surface area (Å²) in [6.45, 7) is 3.82. The van der Waals surface area contributed by atoms with Gasteiger partial charge in [0, 0.05) is 0 Å². The molecule has 0 aliphatic carbocycles. The highest BCUT2D eigenvalue weighted by Gasteiger charge is 2.28. The molecular formula is C37H69NO5. The third-order valence-electron chi connectivity index (χ3n) is 8.08. The Morgan fingerprint density at radius 3 is 1.65 bits per heavy atom. The second-order valence-electron chi connectivity index (χ2n) is 12.2. The molecule has 4 unspecified atom stereocenters. The summed E-state index contributed by atoms with van der Waals surface area (Å²) in [5, 5.41) is 43.1. The van der Waals surface area contributed by atoms with Gasteiger partial charge in [-0.15, -0.1) is 0 Å². The number of nitrogens with one attached hydrogen (secondary N) is 1. The van der Waals surface area contributed by atoms with Crippen LogP contribution in [0.1, 0.15) is 162 Å². The summed E-state index contributed by atoms with van der Waals surface area (Å²) in [6, 6.07) is -0.998. The molecule has 0 bridgehead atoms. The van der Waals surface area contributed by atoms with Gasteiger partial charge in [-0.25, -0.2) is 0 Å². The van der Waals surface area contributed by atoms with Crippen LogP contribution in [-0.2, 0) is 4.79 Å². The van der Waals surface area contributed by atoms with Gasteiger partial charge in [-0.1, -0.05) is 140 Å². The van der Waals surface area contributed by atoms with Crippen molar-refractivity contribution in [1.82, 2.24) is 5.32 Å². The predicted molar refractivity (Wildman–Crippen MR) is 182 cm³/mol. The van der Waals surface area contributed by atoms with Gasteiger partial charge in [0.25, 0.3) is 0 Å². The summed E-state index contributed by atoms with van der Waals surface area (Å²) in [5.41, 5.74) is 0. The van der Waals surface area contributed by atoms with E-state index in [1.807, 2.05) is 0 Å². The van der Waals surface area contributed by atoms with Crippen molar-refractivity contribution in [2.75, 3.05) is 6.61 Å². The van der Waals surface area contributed by atoms with Gasteiger partial charge >= 0.3 is 0 Å². The quantitative estimate of drug-likeness (QED) is 0.0403. The van der Waals surface area contributed by atoms with E-state index in [1.54, 1.807) is 0 Å². The molecule has 5 N–H and O–H groups in total. The second-order valence-corrected chi connectivity index (χ2v) is 12.2. The number of amides is 1. The predicted octanol–water partition coefficient (Wildman–Crippen LogP) is 8.23. The van der Waals surface area contributed by atoms with E-state index in [2.05, 4.69) is 55.6 Å². The molecule has 0 aliphatic rings. The number of rotatable bonds is 31. The molecule has 6 heteroatoms. The monoisotopic (exact) mass is 608 g/mol. The van der Waals surface area contributed by atoms with Crippen LogP contribution in [0.25, 0.3) is 0 Å². The molecule has 0 aliphatic heterocycles. The normalized spacial score (nSPS) is 15.0. The average molecular weight is 608 g/mol. The Labute approximate surface area is 265 Å². The molecule has 0 spiro atoms. The molecule has 0 fully saturated rings. The molecule has 0 saturated heterocycles. The summed E-state index contributed by atoms with van der Waals surface area (Å²) >= 11 is 0. The van der Waals surface area contributed by atoms with Crippen LogP contribution in [0, 0.1) is 0 Å². The van der Waals surface area contributed by atoms with Crippen molar-refractivity contribution < 1.29 is 25.2 Å². The number of carbonyl (C=O) groups is 1. The molecule has 0 saturated carbocycles. The van der Waals surface area contributed by atoms with Crippen molar-refractivity contribution in [2.24, 2.45) is 0 Å². The van der Waals surface area contributed by atoms with E-state index in [9.17, 15) is 25.2 Å². The average Bonchev–Trinajstić information content (AvgIpc) is 3.01. The van der Waals surface area contributed by atoms with Gasteiger partial charge in [0.15, 0.2) is 0 Å². The largest absolute Gasteiger partial charge is 0.394 e. The highest BCUT2D eigenvalue weighted by Crippen LogP contribution is 2.15. The van der Waals surface area contributed by atoms with Crippen LogP contribution in [0.2, 0.25) is 0 Å². The van der Waals surface area contributed by atoms with Gasteiger partial charge < -0.3 is 25.7 Å².